The fourth-order valence-corrected chi connectivity index (χ4v) is 3.72. The molecule has 1 heterocycles. The highest BCUT2D eigenvalue weighted by molar-refractivity contribution is 7.73. The largest absolute Gasteiger partial charge is 0.355 e. The number of nitrogens with one attached hydrogen (secondary N) is 2. The van der Waals surface area contributed by atoms with Crippen molar-refractivity contribution in [2.75, 3.05) is 6.54 Å². The molecule has 3 nitrogen and oxygen atoms in total. The van der Waals surface area contributed by atoms with Gasteiger partial charge in [-0.15, -0.1) is 11.3 Å². The van der Waals surface area contributed by atoms with Gasteiger partial charge in [-0.05, 0) is 43.8 Å². The molecule has 2 rings (SSSR count). The lowest BCUT2D eigenvalue weighted by atomic mass is 9.67. The molecule has 1 aromatic heterocycles. The lowest BCUT2D eigenvalue weighted by molar-refractivity contribution is -0.121. The van der Waals surface area contributed by atoms with Gasteiger partial charge < -0.3 is 10.3 Å². The topological polar surface area (TPSA) is 44.9 Å². The number of H-pyrrole nitrogens is 1. The van der Waals surface area contributed by atoms with Crippen molar-refractivity contribution in [1.82, 2.24) is 10.3 Å². The first-order valence-electron chi connectivity index (χ1n) is 6.50. The molecule has 18 heavy (non-hydrogen) atoms. The van der Waals surface area contributed by atoms with Crippen LogP contribution in [-0.2, 0) is 11.2 Å². The molecular weight excluding hydrogens is 264 g/mol. The van der Waals surface area contributed by atoms with Crippen LogP contribution in [0, 0.1) is 16.3 Å². The number of thiazole rings is 1. The monoisotopic (exact) mass is 284 g/mol. The van der Waals surface area contributed by atoms with E-state index in [0.29, 0.717) is 11.8 Å². The molecule has 0 aliphatic heterocycles. The zero-order chi connectivity index (χ0) is 13.2. The molecule has 1 fully saturated rings. The quantitative estimate of drug-likeness (QED) is 0.814. The molecule has 0 radical (unpaired) electrons. The van der Waals surface area contributed by atoms with E-state index in [0.717, 1.165) is 27.5 Å². The minimum atomic E-state index is 0.114. The Morgan fingerprint density at radius 1 is 1.56 bits per heavy atom. The summed E-state index contributed by atoms with van der Waals surface area (Å²) >= 11 is 6.57. The molecule has 0 spiro atoms. The van der Waals surface area contributed by atoms with Gasteiger partial charge in [-0.3, -0.25) is 4.79 Å². The molecule has 1 aromatic rings. The first-order valence-corrected chi connectivity index (χ1v) is 7.72. The predicted octanol–water partition coefficient (Wildman–Crippen LogP) is 3.35. The second-order valence-corrected chi connectivity index (χ2v) is 7.00. The molecular formula is C13H20N2OS2. The van der Waals surface area contributed by atoms with Crippen LogP contribution < -0.4 is 5.32 Å². The highest BCUT2D eigenvalue weighted by Crippen LogP contribution is 2.43. The molecule has 5 heteroatoms. The van der Waals surface area contributed by atoms with Crippen molar-refractivity contribution in [1.29, 1.82) is 0 Å². The summed E-state index contributed by atoms with van der Waals surface area (Å²) in [6.45, 7) is 5.01. The highest BCUT2D eigenvalue weighted by atomic mass is 32.1. The minimum absolute atomic E-state index is 0.114. The van der Waals surface area contributed by atoms with Crippen molar-refractivity contribution in [2.45, 2.75) is 46.0 Å². The Balaban J connectivity index is 1.85. The van der Waals surface area contributed by atoms with E-state index in [-0.39, 0.29) is 5.91 Å². The zero-order valence-electron chi connectivity index (χ0n) is 11.0. The standard InChI is InChI=1S/C13H20N2OS2/c1-3-13(5-4-6-13)8-14-11(16)7-10-9(2)15-12(17)18-10/h3-8H2,1-2H3,(H,14,16)(H,15,17). The van der Waals surface area contributed by atoms with Gasteiger partial charge in [-0.2, -0.15) is 0 Å². The number of carbonyl (C=O) groups is 1. The number of rotatable bonds is 5. The van der Waals surface area contributed by atoms with Crippen LogP contribution in [0.1, 0.15) is 43.2 Å². The van der Waals surface area contributed by atoms with Crippen LogP contribution in [-0.4, -0.2) is 17.4 Å². The van der Waals surface area contributed by atoms with Crippen LogP contribution in [0.2, 0.25) is 0 Å². The van der Waals surface area contributed by atoms with E-state index in [9.17, 15) is 4.79 Å². The Labute approximate surface area is 117 Å². The average molecular weight is 284 g/mol. The fourth-order valence-electron chi connectivity index (χ4n) is 2.43. The summed E-state index contributed by atoms with van der Waals surface area (Å²) < 4.78 is 0.749. The first-order chi connectivity index (χ1) is 8.54. The lowest BCUT2D eigenvalue weighted by Crippen LogP contribution is -2.42. The van der Waals surface area contributed by atoms with E-state index in [1.807, 2.05) is 6.92 Å². The highest BCUT2D eigenvalue weighted by Gasteiger charge is 2.35. The normalized spacial score (nSPS) is 17.2. The number of carbonyl (C=O) groups excluding carboxylic acids is 1. The van der Waals surface area contributed by atoms with Crippen molar-refractivity contribution < 1.29 is 4.79 Å². The maximum atomic E-state index is 11.9. The maximum Gasteiger partial charge on any atom is 0.225 e. The maximum absolute atomic E-state index is 11.9. The molecule has 1 aliphatic carbocycles. The van der Waals surface area contributed by atoms with E-state index in [2.05, 4.69) is 17.2 Å². The van der Waals surface area contributed by atoms with Crippen molar-refractivity contribution >= 4 is 29.5 Å². The molecule has 0 bridgehead atoms. The third kappa shape index (κ3) is 3.01. The van der Waals surface area contributed by atoms with Gasteiger partial charge in [-0.1, -0.05) is 13.3 Å². The van der Waals surface area contributed by atoms with Gasteiger partial charge in [-0.25, -0.2) is 0 Å². The van der Waals surface area contributed by atoms with Gasteiger partial charge in [0.2, 0.25) is 5.91 Å². The van der Waals surface area contributed by atoms with Gasteiger partial charge in [0.25, 0.3) is 0 Å². The molecule has 0 unspecified atom stereocenters. The molecule has 1 saturated carbocycles. The Kier molecular flexibility index (Phi) is 4.22. The van der Waals surface area contributed by atoms with E-state index in [1.54, 1.807) is 0 Å². The van der Waals surface area contributed by atoms with Gasteiger partial charge >= 0.3 is 0 Å². The summed E-state index contributed by atoms with van der Waals surface area (Å²) in [5.41, 5.74) is 1.41. The number of hydrogen-bond acceptors (Lipinski definition) is 3. The molecule has 0 saturated heterocycles. The average Bonchev–Trinajstić information content (AvgIpc) is 2.56. The Hall–Kier alpha value is -0.680. The predicted molar refractivity (Wildman–Crippen MR) is 77.5 cm³/mol. The summed E-state index contributed by atoms with van der Waals surface area (Å²) in [4.78, 5) is 16.0. The zero-order valence-corrected chi connectivity index (χ0v) is 12.6. The number of hydrogen-bond donors (Lipinski definition) is 2. The first kappa shape index (κ1) is 13.7. The molecule has 1 aliphatic rings. The van der Waals surface area contributed by atoms with E-state index in [1.165, 1.54) is 30.6 Å². The van der Waals surface area contributed by atoms with Crippen molar-refractivity contribution in [2.24, 2.45) is 5.41 Å². The van der Waals surface area contributed by atoms with Gasteiger partial charge in [0.1, 0.15) is 0 Å². The summed E-state index contributed by atoms with van der Waals surface area (Å²) in [6.07, 6.45) is 5.43. The Morgan fingerprint density at radius 2 is 2.28 bits per heavy atom. The van der Waals surface area contributed by atoms with Crippen LogP contribution in [0.25, 0.3) is 0 Å². The van der Waals surface area contributed by atoms with Crippen LogP contribution in [0.15, 0.2) is 0 Å². The molecule has 1 amide bonds. The Bertz CT molecular complexity index is 480. The number of aromatic amines is 1. The van der Waals surface area contributed by atoms with Crippen LogP contribution in [0.5, 0.6) is 0 Å². The van der Waals surface area contributed by atoms with Crippen molar-refractivity contribution in [3.63, 3.8) is 0 Å². The van der Waals surface area contributed by atoms with E-state index in [4.69, 9.17) is 12.2 Å². The third-order valence-electron chi connectivity index (χ3n) is 4.07. The molecule has 2 N–H and O–H groups in total. The van der Waals surface area contributed by atoms with Crippen LogP contribution in [0.4, 0.5) is 0 Å². The summed E-state index contributed by atoms with van der Waals surface area (Å²) in [5.74, 6) is 0.114. The summed E-state index contributed by atoms with van der Waals surface area (Å²) in [5, 5.41) is 3.08. The number of amides is 1. The fraction of sp³-hybridized carbons (Fsp3) is 0.692. The Morgan fingerprint density at radius 3 is 2.72 bits per heavy atom. The lowest BCUT2D eigenvalue weighted by Gasteiger charge is -2.41. The van der Waals surface area contributed by atoms with Gasteiger partial charge in [0, 0.05) is 17.1 Å². The number of aryl methyl sites for hydroxylation is 1. The molecule has 100 valence electrons. The number of aromatic nitrogens is 1. The van der Waals surface area contributed by atoms with Crippen LogP contribution in [0.3, 0.4) is 0 Å². The van der Waals surface area contributed by atoms with Gasteiger partial charge in [0.05, 0.1) is 6.42 Å². The van der Waals surface area contributed by atoms with E-state index < -0.39 is 0 Å². The van der Waals surface area contributed by atoms with E-state index >= 15 is 0 Å². The van der Waals surface area contributed by atoms with Crippen LogP contribution >= 0.6 is 23.6 Å². The van der Waals surface area contributed by atoms with Gasteiger partial charge in [0.15, 0.2) is 3.95 Å². The third-order valence-corrected chi connectivity index (χ3v) is 5.41. The second-order valence-electron chi connectivity index (χ2n) is 5.22. The smallest absolute Gasteiger partial charge is 0.225 e. The molecule has 0 aromatic carbocycles. The minimum Gasteiger partial charge on any atom is -0.355 e. The SMILES string of the molecule is CCC1(CNC(=O)Cc2sc(=S)[nH]c2C)CCC1. The summed E-state index contributed by atoms with van der Waals surface area (Å²) in [7, 11) is 0. The van der Waals surface area contributed by atoms with Crippen molar-refractivity contribution in [3.05, 3.63) is 14.5 Å². The second kappa shape index (κ2) is 5.53. The van der Waals surface area contributed by atoms with Crippen molar-refractivity contribution in [3.8, 4) is 0 Å². The molecule has 0 atom stereocenters. The summed E-state index contributed by atoms with van der Waals surface area (Å²) in [6, 6.07) is 0.